The number of nitrogens with one attached hydrogen (secondary N) is 1. The lowest BCUT2D eigenvalue weighted by Gasteiger charge is -2.18. The van der Waals surface area contributed by atoms with Gasteiger partial charge in [0.2, 0.25) is 5.88 Å². The SMILES string of the molecule is O=C(Nc1ccc(Oc2ccc(F)cc2)nc1)c1cc2c(cc1[N+](=O)[O-])OCCO2. The molecule has 1 aliphatic heterocycles. The number of amides is 1. The number of carbonyl (C=O) groups is 1. The third-order valence-electron chi connectivity index (χ3n) is 4.13. The van der Waals surface area contributed by atoms with E-state index < -0.39 is 16.5 Å². The molecule has 0 spiro atoms. The van der Waals surface area contributed by atoms with E-state index in [4.69, 9.17) is 14.2 Å². The number of pyridine rings is 1. The minimum atomic E-state index is -0.701. The van der Waals surface area contributed by atoms with Crippen LogP contribution in [0.2, 0.25) is 0 Å². The zero-order chi connectivity index (χ0) is 21.1. The van der Waals surface area contributed by atoms with Crippen LogP contribution in [0.3, 0.4) is 0 Å². The lowest BCUT2D eigenvalue weighted by atomic mass is 10.1. The maximum Gasteiger partial charge on any atom is 0.286 e. The molecule has 0 fully saturated rings. The Morgan fingerprint density at radius 3 is 2.43 bits per heavy atom. The molecular weight excluding hydrogens is 397 g/mol. The lowest BCUT2D eigenvalue weighted by molar-refractivity contribution is -0.385. The summed E-state index contributed by atoms with van der Waals surface area (Å²) in [5, 5.41) is 13.9. The second-order valence-corrected chi connectivity index (χ2v) is 6.17. The Labute approximate surface area is 169 Å². The summed E-state index contributed by atoms with van der Waals surface area (Å²) in [5.74, 6) is 0.0124. The molecule has 1 amide bonds. The summed E-state index contributed by atoms with van der Waals surface area (Å²) in [7, 11) is 0. The highest BCUT2D eigenvalue weighted by atomic mass is 19.1. The van der Waals surface area contributed by atoms with Gasteiger partial charge in [-0.2, -0.15) is 0 Å². The van der Waals surface area contributed by atoms with Crippen molar-refractivity contribution in [2.24, 2.45) is 0 Å². The number of aromatic nitrogens is 1. The molecule has 1 aromatic heterocycles. The van der Waals surface area contributed by atoms with Crippen molar-refractivity contribution in [3.05, 3.63) is 76.2 Å². The number of halogens is 1. The van der Waals surface area contributed by atoms with E-state index >= 15 is 0 Å². The number of anilines is 1. The molecule has 3 aromatic rings. The van der Waals surface area contributed by atoms with Crippen LogP contribution < -0.4 is 19.5 Å². The predicted octanol–water partition coefficient (Wildman–Crippen LogP) is 3.94. The third kappa shape index (κ3) is 4.12. The Morgan fingerprint density at radius 1 is 1.10 bits per heavy atom. The van der Waals surface area contributed by atoms with Crippen molar-refractivity contribution in [2.75, 3.05) is 18.5 Å². The summed E-state index contributed by atoms with van der Waals surface area (Å²) in [6, 6.07) is 10.9. The molecule has 0 saturated heterocycles. The minimum Gasteiger partial charge on any atom is -0.486 e. The van der Waals surface area contributed by atoms with Crippen molar-refractivity contribution in [2.45, 2.75) is 0 Å². The number of fused-ring (bicyclic) bond motifs is 1. The standard InChI is InChI=1S/C20H14FN3O6/c21-12-1-4-14(5-2-12)30-19-6-3-13(11-22-19)23-20(25)15-9-17-18(29-8-7-28-17)10-16(15)24(26)27/h1-6,9-11H,7-8H2,(H,23,25). The molecule has 4 rings (SSSR count). The Bertz CT molecular complexity index is 1100. The van der Waals surface area contributed by atoms with Gasteiger partial charge in [0.15, 0.2) is 11.5 Å². The summed E-state index contributed by atoms with van der Waals surface area (Å²) >= 11 is 0. The second-order valence-electron chi connectivity index (χ2n) is 6.17. The van der Waals surface area contributed by atoms with Crippen LogP contribution in [-0.4, -0.2) is 29.0 Å². The molecule has 0 atom stereocenters. The third-order valence-corrected chi connectivity index (χ3v) is 4.13. The van der Waals surface area contributed by atoms with Gasteiger partial charge < -0.3 is 19.5 Å². The topological polar surface area (TPSA) is 113 Å². The summed E-state index contributed by atoms with van der Waals surface area (Å²) in [6.07, 6.45) is 1.33. The Kier molecular flexibility index (Phi) is 5.12. The minimum absolute atomic E-state index is 0.170. The molecule has 1 aliphatic rings. The summed E-state index contributed by atoms with van der Waals surface area (Å²) in [6.45, 7) is 0.555. The van der Waals surface area contributed by atoms with Gasteiger partial charge >= 0.3 is 0 Å². The zero-order valence-corrected chi connectivity index (χ0v) is 15.3. The van der Waals surface area contributed by atoms with E-state index in [1.165, 1.54) is 54.7 Å². The van der Waals surface area contributed by atoms with Gasteiger partial charge in [-0.05, 0) is 30.3 Å². The predicted molar refractivity (Wildman–Crippen MR) is 103 cm³/mol. The van der Waals surface area contributed by atoms with Gasteiger partial charge in [-0.3, -0.25) is 14.9 Å². The molecule has 1 N–H and O–H groups in total. The van der Waals surface area contributed by atoms with E-state index in [9.17, 15) is 19.3 Å². The van der Waals surface area contributed by atoms with E-state index in [2.05, 4.69) is 10.3 Å². The van der Waals surface area contributed by atoms with Crippen LogP contribution in [0.5, 0.6) is 23.1 Å². The van der Waals surface area contributed by atoms with Crippen molar-refractivity contribution >= 4 is 17.3 Å². The number of carbonyl (C=O) groups excluding carboxylic acids is 1. The Morgan fingerprint density at radius 2 is 1.80 bits per heavy atom. The monoisotopic (exact) mass is 411 g/mol. The van der Waals surface area contributed by atoms with E-state index in [-0.39, 0.29) is 42.0 Å². The number of benzene rings is 2. The molecule has 0 bridgehead atoms. The van der Waals surface area contributed by atoms with Gasteiger partial charge in [0.05, 0.1) is 22.9 Å². The molecule has 2 aromatic carbocycles. The summed E-state index contributed by atoms with van der Waals surface area (Å²) in [4.78, 5) is 27.4. The highest BCUT2D eigenvalue weighted by molar-refractivity contribution is 6.07. The van der Waals surface area contributed by atoms with Crippen molar-refractivity contribution in [1.82, 2.24) is 4.98 Å². The summed E-state index contributed by atoms with van der Waals surface area (Å²) in [5.41, 5.74) is -0.271. The highest BCUT2D eigenvalue weighted by Gasteiger charge is 2.26. The maximum absolute atomic E-state index is 12.9. The average molecular weight is 411 g/mol. The Hall–Kier alpha value is -4.21. The molecule has 30 heavy (non-hydrogen) atoms. The number of nitrogens with zero attached hydrogens (tertiary/aromatic N) is 2. The van der Waals surface area contributed by atoms with Crippen molar-refractivity contribution in [3.63, 3.8) is 0 Å². The van der Waals surface area contributed by atoms with E-state index in [0.29, 0.717) is 11.4 Å². The zero-order valence-electron chi connectivity index (χ0n) is 15.3. The van der Waals surface area contributed by atoms with Crippen molar-refractivity contribution in [1.29, 1.82) is 0 Å². The highest BCUT2D eigenvalue weighted by Crippen LogP contribution is 2.37. The largest absolute Gasteiger partial charge is 0.486 e. The summed E-state index contributed by atoms with van der Waals surface area (Å²) < 4.78 is 29.2. The van der Waals surface area contributed by atoms with Gasteiger partial charge in [0.25, 0.3) is 11.6 Å². The quantitative estimate of drug-likeness (QED) is 0.500. The van der Waals surface area contributed by atoms with Crippen LogP contribution in [-0.2, 0) is 0 Å². The normalized spacial score (nSPS) is 12.2. The van der Waals surface area contributed by atoms with Crippen LogP contribution in [0, 0.1) is 15.9 Å². The smallest absolute Gasteiger partial charge is 0.286 e. The lowest BCUT2D eigenvalue weighted by Crippen LogP contribution is -2.18. The molecule has 2 heterocycles. The first-order chi connectivity index (χ1) is 14.5. The second kappa shape index (κ2) is 8.03. The molecule has 0 saturated carbocycles. The first-order valence-electron chi connectivity index (χ1n) is 8.78. The maximum atomic E-state index is 12.9. The van der Waals surface area contributed by atoms with Crippen LogP contribution in [0.15, 0.2) is 54.7 Å². The van der Waals surface area contributed by atoms with Crippen LogP contribution >= 0.6 is 0 Å². The Balaban J connectivity index is 1.51. The molecule has 0 unspecified atom stereocenters. The fourth-order valence-corrected chi connectivity index (χ4v) is 2.75. The first kappa shape index (κ1) is 19.1. The van der Waals surface area contributed by atoms with E-state index in [0.717, 1.165) is 0 Å². The molecule has 0 aliphatic carbocycles. The molecular formula is C20H14FN3O6. The number of rotatable bonds is 5. The number of ether oxygens (including phenoxy) is 3. The van der Waals surface area contributed by atoms with Crippen LogP contribution in [0.4, 0.5) is 15.8 Å². The molecule has 0 radical (unpaired) electrons. The van der Waals surface area contributed by atoms with Gasteiger partial charge in [-0.25, -0.2) is 9.37 Å². The van der Waals surface area contributed by atoms with Gasteiger partial charge in [-0.1, -0.05) is 0 Å². The van der Waals surface area contributed by atoms with Gasteiger partial charge in [-0.15, -0.1) is 0 Å². The van der Waals surface area contributed by atoms with Gasteiger partial charge in [0.1, 0.15) is 30.3 Å². The number of hydrogen-bond donors (Lipinski definition) is 1. The average Bonchev–Trinajstić information content (AvgIpc) is 2.75. The molecule has 9 nitrogen and oxygen atoms in total. The number of nitro groups is 1. The van der Waals surface area contributed by atoms with Gasteiger partial charge in [0, 0.05) is 12.1 Å². The van der Waals surface area contributed by atoms with E-state index in [1.807, 2.05) is 0 Å². The van der Waals surface area contributed by atoms with E-state index in [1.54, 1.807) is 0 Å². The van der Waals surface area contributed by atoms with Crippen LogP contribution in [0.25, 0.3) is 0 Å². The van der Waals surface area contributed by atoms with Crippen LogP contribution in [0.1, 0.15) is 10.4 Å². The van der Waals surface area contributed by atoms with Crippen molar-refractivity contribution < 1.29 is 28.3 Å². The molecule has 152 valence electrons. The first-order valence-corrected chi connectivity index (χ1v) is 8.78. The number of hydrogen-bond acceptors (Lipinski definition) is 7. The fraction of sp³-hybridized carbons (Fsp3) is 0.100. The fourth-order valence-electron chi connectivity index (χ4n) is 2.75. The van der Waals surface area contributed by atoms with Crippen molar-refractivity contribution in [3.8, 4) is 23.1 Å². The molecule has 10 heteroatoms. The number of nitro benzene ring substituents is 1.